The van der Waals surface area contributed by atoms with Crippen molar-refractivity contribution in [2.24, 2.45) is 0 Å². The van der Waals surface area contributed by atoms with Crippen molar-refractivity contribution in [1.29, 1.82) is 0 Å². The monoisotopic (exact) mass is 295 g/mol. The highest BCUT2D eigenvalue weighted by Gasteiger charge is 2.29. The summed E-state index contributed by atoms with van der Waals surface area (Å²) in [6.07, 6.45) is 0.639. The summed E-state index contributed by atoms with van der Waals surface area (Å²) in [6.45, 7) is 1.25. The molecule has 0 bridgehead atoms. The van der Waals surface area contributed by atoms with E-state index >= 15 is 0 Å². The van der Waals surface area contributed by atoms with Crippen molar-refractivity contribution in [2.45, 2.75) is 31.6 Å². The van der Waals surface area contributed by atoms with E-state index in [1.807, 2.05) is 18.2 Å². The highest BCUT2D eigenvalue weighted by atomic mass is 16.5. The van der Waals surface area contributed by atoms with Crippen LogP contribution in [0.3, 0.4) is 0 Å². The van der Waals surface area contributed by atoms with Crippen LogP contribution in [0.4, 0.5) is 0 Å². The molecule has 0 spiro atoms. The smallest absolute Gasteiger partial charge is 0.332 e. The number of ether oxygens (including phenoxy) is 3. The molecule has 1 aromatic rings. The van der Waals surface area contributed by atoms with E-state index in [4.69, 9.17) is 19.3 Å². The summed E-state index contributed by atoms with van der Waals surface area (Å²) in [5.74, 6) is 0.631. The van der Waals surface area contributed by atoms with Gasteiger partial charge in [0.05, 0.1) is 20.3 Å². The van der Waals surface area contributed by atoms with Gasteiger partial charge in [0, 0.05) is 24.7 Å². The number of hydrogen-bond acceptors (Lipinski definition) is 5. The third-order valence-corrected chi connectivity index (χ3v) is 3.56. The van der Waals surface area contributed by atoms with Crippen molar-refractivity contribution in [1.82, 2.24) is 5.32 Å². The summed E-state index contributed by atoms with van der Waals surface area (Å²) in [5.41, 5.74) is 1.02. The minimum Gasteiger partial charge on any atom is -0.497 e. The molecule has 2 N–H and O–H groups in total. The molecule has 0 radical (unpaired) electrons. The molecule has 1 fully saturated rings. The minimum atomic E-state index is -0.880. The largest absolute Gasteiger partial charge is 0.497 e. The second-order valence-electron chi connectivity index (χ2n) is 4.97. The summed E-state index contributed by atoms with van der Waals surface area (Å²) in [6, 6.07) is 5.66. The molecule has 1 aliphatic heterocycles. The zero-order valence-corrected chi connectivity index (χ0v) is 12.3. The van der Waals surface area contributed by atoms with Crippen molar-refractivity contribution in [2.75, 3.05) is 20.8 Å². The third-order valence-electron chi connectivity index (χ3n) is 3.56. The van der Waals surface area contributed by atoms with Crippen molar-refractivity contribution in [3.63, 3.8) is 0 Å². The molecule has 2 unspecified atom stereocenters. The molecule has 0 aromatic heterocycles. The Balaban J connectivity index is 1.82. The predicted octanol–water partition coefficient (Wildman–Crippen LogP) is 1.43. The van der Waals surface area contributed by atoms with E-state index in [9.17, 15) is 4.79 Å². The van der Waals surface area contributed by atoms with E-state index in [2.05, 4.69) is 5.32 Å². The Morgan fingerprint density at radius 2 is 2.19 bits per heavy atom. The predicted molar refractivity (Wildman–Crippen MR) is 76.8 cm³/mol. The van der Waals surface area contributed by atoms with Crippen molar-refractivity contribution >= 4 is 5.97 Å². The van der Waals surface area contributed by atoms with Gasteiger partial charge in [0.25, 0.3) is 0 Å². The zero-order chi connectivity index (χ0) is 15.2. The first-order valence-corrected chi connectivity index (χ1v) is 6.94. The van der Waals surface area contributed by atoms with Crippen LogP contribution in [0.2, 0.25) is 0 Å². The van der Waals surface area contributed by atoms with Gasteiger partial charge >= 0.3 is 5.97 Å². The fourth-order valence-corrected chi connectivity index (χ4v) is 2.40. The first kappa shape index (κ1) is 15.6. The van der Waals surface area contributed by atoms with Crippen molar-refractivity contribution < 1.29 is 24.1 Å². The first-order chi connectivity index (χ1) is 10.1. The second-order valence-corrected chi connectivity index (χ2v) is 4.97. The highest BCUT2D eigenvalue weighted by molar-refractivity contribution is 5.72. The number of methoxy groups -OCH3 is 2. The number of rotatable bonds is 7. The normalized spacial score (nSPS) is 21.2. The van der Waals surface area contributed by atoms with Crippen LogP contribution < -0.4 is 14.8 Å². The van der Waals surface area contributed by atoms with Gasteiger partial charge in [-0.1, -0.05) is 6.07 Å². The number of hydrogen-bond donors (Lipinski definition) is 2. The Morgan fingerprint density at radius 1 is 1.38 bits per heavy atom. The van der Waals surface area contributed by atoms with Crippen LogP contribution in [0.25, 0.3) is 0 Å². The molecule has 0 aliphatic carbocycles. The fourth-order valence-electron chi connectivity index (χ4n) is 2.40. The van der Waals surface area contributed by atoms with Crippen LogP contribution in [0.5, 0.6) is 11.5 Å². The molecule has 2 rings (SSSR count). The Morgan fingerprint density at radius 3 is 2.81 bits per heavy atom. The topological polar surface area (TPSA) is 77.0 Å². The zero-order valence-electron chi connectivity index (χ0n) is 12.3. The van der Waals surface area contributed by atoms with Gasteiger partial charge in [0.2, 0.25) is 0 Å². The van der Waals surface area contributed by atoms with Gasteiger partial charge in [-0.2, -0.15) is 0 Å². The quantitative estimate of drug-likeness (QED) is 0.792. The van der Waals surface area contributed by atoms with Crippen LogP contribution in [-0.4, -0.2) is 44.0 Å². The Kier molecular flexibility index (Phi) is 5.41. The van der Waals surface area contributed by atoms with Gasteiger partial charge < -0.3 is 24.6 Å². The molecule has 6 nitrogen and oxygen atoms in total. The molecule has 0 saturated carbocycles. The second kappa shape index (κ2) is 7.28. The molecule has 1 heterocycles. The summed E-state index contributed by atoms with van der Waals surface area (Å²) in [7, 11) is 3.23. The SMILES string of the molecule is COc1ccc(CNCC2CCC(C(=O)O)O2)c(OC)c1. The summed E-state index contributed by atoms with van der Waals surface area (Å²) in [5, 5.41) is 12.2. The number of carbonyl (C=O) groups is 1. The fraction of sp³-hybridized carbons (Fsp3) is 0.533. The lowest BCUT2D eigenvalue weighted by atomic mass is 10.1. The first-order valence-electron chi connectivity index (χ1n) is 6.94. The molecule has 1 aromatic carbocycles. The average Bonchev–Trinajstić information content (AvgIpc) is 2.96. The van der Waals surface area contributed by atoms with Crippen LogP contribution in [0.1, 0.15) is 18.4 Å². The lowest BCUT2D eigenvalue weighted by Crippen LogP contribution is -2.28. The van der Waals surface area contributed by atoms with E-state index in [1.165, 1.54) is 0 Å². The maximum Gasteiger partial charge on any atom is 0.332 e. The molecule has 1 saturated heterocycles. The standard InChI is InChI=1S/C15H21NO5/c1-19-11-4-3-10(14(7-11)20-2)8-16-9-12-5-6-13(21-12)15(17)18/h3-4,7,12-13,16H,5-6,8-9H2,1-2H3,(H,17,18). The third kappa shape index (κ3) is 4.09. The molecule has 0 amide bonds. The van der Waals surface area contributed by atoms with Crippen molar-refractivity contribution in [3.8, 4) is 11.5 Å². The number of carboxylic acid groups (broad SMARTS) is 1. The molecule has 2 atom stereocenters. The van der Waals surface area contributed by atoms with Gasteiger partial charge in [0.15, 0.2) is 6.10 Å². The van der Waals surface area contributed by atoms with E-state index in [-0.39, 0.29) is 6.10 Å². The lowest BCUT2D eigenvalue weighted by Gasteiger charge is -2.14. The van der Waals surface area contributed by atoms with Gasteiger partial charge in [0.1, 0.15) is 11.5 Å². The molecular weight excluding hydrogens is 274 g/mol. The number of aliphatic carboxylic acids is 1. The Bertz CT molecular complexity index is 491. The summed E-state index contributed by atoms with van der Waals surface area (Å²) >= 11 is 0. The van der Waals surface area contributed by atoms with Crippen molar-refractivity contribution in [3.05, 3.63) is 23.8 Å². The lowest BCUT2D eigenvalue weighted by molar-refractivity contribution is -0.149. The molecule has 1 aliphatic rings. The molecule has 116 valence electrons. The average molecular weight is 295 g/mol. The van der Waals surface area contributed by atoms with E-state index in [0.29, 0.717) is 19.5 Å². The van der Waals surface area contributed by atoms with E-state index in [0.717, 1.165) is 23.5 Å². The molecular formula is C15H21NO5. The maximum absolute atomic E-state index is 10.8. The van der Waals surface area contributed by atoms with Crippen LogP contribution in [0.15, 0.2) is 18.2 Å². The van der Waals surface area contributed by atoms with Crippen LogP contribution >= 0.6 is 0 Å². The van der Waals surface area contributed by atoms with Gasteiger partial charge in [-0.25, -0.2) is 4.79 Å². The van der Waals surface area contributed by atoms with Gasteiger partial charge in [-0.15, -0.1) is 0 Å². The molecule has 6 heteroatoms. The van der Waals surface area contributed by atoms with Crippen LogP contribution in [-0.2, 0) is 16.1 Å². The van der Waals surface area contributed by atoms with Gasteiger partial charge in [-0.05, 0) is 18.9 Å². The Labute approximate surface area is 124 Å². The summed E-state index contributed by atoms with van der Waals surface area (Å²) in [4.78, 5) is 10.8. The number of benzene rings is 1. The Hall–Kier alpha value is -1.79. The number of carboxylic acids is 1. The maximum atomic E-state index is 10.8. The van der Waals surface area contributed by atoms with E-state index in [1.54, 1.807) is 14.2 Å². The van der Waals surface area contributed by atoms with Gasteiger partial charge in [-0.3, -0.25) is 0 Å². The number of nitrogens with one attached hydrogen (secondary N) is 1. The highest BCUT2D eigenvalue weighted by Crippen LogP contribution is 2.24. The van der Waals surface area contributed by atoms with E-state index < -0.39 is 12.1 Å². The summed E-state index contributed by atoms with van der Waals surface area (Å²) < 4.78 is 15.9. The molecule has 21 heavy (non-hydrogen) atoms. The van der Waals surface area contributed by atoms with Crippen LogP contribution in [0, 0.1) is 0 Å². The minimum absolute atomic E-state index is 0.0460.